The molecule has 7 nitrogen and oxygen atoms in total. The third kappa shape index (κ3) is 2.71. The topological polar surface area (TPSA) is 124 Å². The summed E-state index contributed by atoms with van der Waals surface area (Å²) in [7, 11) is 0. The van der Waals surface area contributed by atoms with E-state index in [1.54, 1.807) is 0 Å². The highest BCUT2D eigenvalue weighted by atomic mass is 16.3. The van der Waals surface area contributed by atoms with Crippen molar-refractivity contribution < 1.29 is 10.2 Å². The van der Waals surface area contributed by atoms with Gasteiger partial charge in [0.2, 0.25) is 5.95 Å². The van der Waals surface area contributed by atoms with Gasteiger partial charge in [0, 0.05) is 6.54 Å². The zero-order chi connectivity index (χ0) is 10.6. The number of nitrogens with two attached hydrogens (primary N) is 1. The molecule has 0 fully saturated rings. The lowest BCUT2D eigenvalue weighted by molar-refractivity contribution is 0.105. The van der Waals surface area contributed by atoms with Gasteiger partial charge in [0.25, 0.3) is 5.56 Å². The molecule has 0 radical (unpaired) electrons. The first-order valence-corrected chi connectivity index (χ1v) is 4.01. The second kappa shape index (κ2) is 4.58. The van der Waals surface area contributed by atoms with Gasteiger partial charge in [0.1, 0.15) is 5.69 Å². The Morgan fingerprint density at radius 1 is 1.71 bits per heavy atom. The Bertz CT molecular complexity index is 351. The van der Waals surface area contributed by atoms with Crippen LogP contribution in [0.3, 0.4) is 0 Å². The van der Waals surface area contributed by atoms with Gasteiger partial charge in [0.05, 0.1) is 18.9 Å². The van der Waals surface area contributed by atoms with Crippen molar-refractivity contribution in [3.63, 3.8) is 0 Å². The fraction of sp³-hybridized carbons (Fsp3) is 0.429. The second-order valence-corrected chi connectivity index (χ2v) is 2.73. The summed E-state index contributed by atoms with van der Waals surface area (Å²) in [5, 5.41) is 20.1. The summed E-state index contributed by atoms with van der Waals surface area (Å²) in [6, 6.07) is 0. The van der Waals surface area contributed by atoms with Crippen LogP contribution in [-0.4, -0.2) is 39.4 Å². The number of nitrogen functional groups attached to an aromatic ring is 1. The number of rotatable bonds is 4. The van der Waals surface area contributed by atoms with Crippen LogP contribution in [0.1, 0.15) is 0 Å². The average Bonchev–Trinajstić information content (AvgIpc) is 2.19. The summed E-state index contributed by atoms with van der Waals surface area (Å²) >= 11 is 0. The summed E-state index contributed by atoms with van der Waals surface area (Å²) in [6.45, 7) is -0.254. The van der Waals surface area contributed by atoms with Crippen molar-refractivity contribution in [1.29, 1.82) is 0 Å². The lowest BCUT2D eigenvalue weighted by atomic mass is 10.4. The highest BCUT2D eigenvalue weighted by molar-refractivity contribution is 5.35. The molecule has 7 heteroatoms. The number of aliphatic hydroxyl groups is 2. The maximum absolute atomic E-state index is 11.0. The molecule has 0 spiro atoms. The first kappa shape index (κ1) is 10.5. The lowest BCUT2D eigenvalue weighted by Gasteiger charge is -2.08. The van der Waals surface area contributed by atoms with E-state index in [1.807, 2.05) is 0 Å². The van der Waals surface area contributed by atoms with Crippen LogP contribution in [0.5, 0.6) is 0 Å². The molecule has 78 valence electrons. The van der Waals surface area contributed by atoms with Gasteiger partial charge in [-0.2, -0.15) is 0 Å². The van der Waals surface area contributed by atoms with Crippen LogP contribution in [0, 0.1) is 0 Å². The number of aliphatic hydroxyl groups excluding tert-OH is 2. The van der Waals surface area contributed by atoms with E-state index in [-0.39, 0.29) is 24.8 Å². The predicted octanol–water partition coefficient (Wildman–Crippen LogP) is -1.88. The lowest BCUT2D eigenvalue weighted by Crippen LogP contribution is -2.25. The number of aromatic nitrogens is 2. The molecule has 0 aliphatic heterocycles. The number of nitrogens with zero attached hydrogens (tertiary/aromatic N) is 1. The van der Waals surface area contributed by atoms with Gasteiger partial charge in [-0.3, -0.25) is 9.78 Å². The smallest absolute Gasteiger partial charge is 0.275 e. The SMILES string of the molecule is Nc1cnc(NCC(O)CO)[nH]c1=O. The summed E-state index contributed by atoms with van der Waals surface area (Å²) in [6.07, 6.45) is 0.324. The third-order valence-electron chi connectivity index (χ3n) is 1.54. The minimum absolute atomic E-state index is 0.0262. The summed E-state index contributed by atoms with van der Waals surface area (Å²) in [4.78, 5) is 17.1. The first-order valence-electron chi connectivity index (χ1n) is 4.01. The molecule has 6 N–H and O–H groups in total. The molecule has 1 unspecified atom stereocenters. The Balaban J connectivity index is 2.60. The fourth-order valence-electron chi connectivity index (χ4n) is 0.774. The zero-order valence-electron chi connectivity index (χ0n) is 7.40. The van der Waals surface area contributed by atoms with Crippen LogP contribution in [0.15, 0.2) is 11.0 Å². The molecule has 0 aliphatic rings. The van der Waals surface area contributed by atoms with E-state index in [0.717, 1.165) is 0 Å². The van der Waals surface area contributed by atoms with E-state index in [1.165, 1.54) is 6.20 Å². The molecule has 0 aromatic carbocycles. The van der Waals surface area contributed by atoms with Crippen molar-refractivity contribution >= 4 is 11.6 Å². The predicted molar refractivity (Wildman–Crippen MR) is 50.9 cm³/mol. The van der Waals surface area contributed by atoms with Gasteiger partial charge in [-0.25, -0.2) is 4.98 Å². The van der Waals surface area contributed by atoms with E-state index < -0.39 is 11.7 Å². The molecule has 0 amide bonds. The standard InChI is InChI=1S/C7H12N4O3/c8-5-2-10-7(11-6(5)14)9-1-4(13)3-12/h2,4,12-13H,1,3,8H2,(H2,9,10,11,14). The Morgan fingerprint density at radius 3 is 3.00 bits per heavy atom. The van der Waals surface area contributed by atoms with Crippen LogP contribution in [0.4, 0.5) is 11.6 Å². The van der Waals surface area contributed by atoms with Gasteiger partial charge < -0.3 is 21.3 Å². The largest absolute Gasteiger partial charge is 0.394 e. The number of nitrogens with one attached hydrogen (secondary N) is 2. The van der Waals surface area contributed by atoms with E-state index in [9.17, 15) is 4.79 Å². The highest BCUT2D eigenvalue weighted by Crippen LogP contribution is 1.95. The van der Waals surface area contributed by atoms with E-state index in [4.69, 9.17) is 15.9 Å². The second-order valence-electron chi connectivity index (χ2n) is 2.73. The van der Waals surface area contributed by atoms with E-state index >= 15 is 0 Å². The quantitative estimate of drug-likeness (QED) is 0.387. The van der Waals surface area contributed by atoms with Crippen molar-refractivity contribution in [3.05, 3.63) is 16.6 Å². The Labute approximate surface area is 79.6 Å². The Morgan fingerprint density at radius 2 is 2.43 bits per heavy atom. The van der Waals surface area contributed by atoms with Crippen LogP contribution >= 0.6 is 0 Å². The fourth-order valence-corrected chi connectivity index (χ4v) is 0.774. The number of hydrogen-bond acceptors (Lipinski definition) is 6. The Hall–Kier alpha value is -1.60. The molecule has 1 aromatic heterocycles. The summed E-state index contributed by atoms with van der Waals surface area (Å²) in [5.74, 6) is 0.205. The number of hydrogen-bond donors (Lipinski definition) is 5. The molecule has 1 heterocycles. The minimum atomic E-state index is -0.891. The molecule has 0 saturated carbocycles. The van der Waals surface area contributed by atoms with E-state index in [0.29, 0.717) is 0 Å². The molecule has 0 aliphatic carbocycles. The van der Waals surface area contributed by atoms with Crippen molar-refractivity contribution in [2.45, 2.75) is 6.10 Å². The van der Waals surface area contributed by atoms with Gasteiger partial charge in [-0.1, -0.05) is 0 Å². The van der Waals surface area contributed by atoms with Gasteiger partial charge in [0.15, 0.2) is 0 Å². The number of anilines is 2. The van der Waals surface area contributed by atoms with Crippen molar-refractivity contribution in [2.75, 3.05) is 24.2 Å². The molecular formula is C7H12N4O3. The van der Waals surface area contributed by atoms with Gasteiger partial charge in [-0.15, -0.1) is 0 Å². The summed E-state index contributed by atoms with van der Waals surface area (Å²) in [5.41, 5.74) is 4.83. The summed E-state index contributed by atoms with van der Waals surface area (Å²) < 4.78 is 0. The van der Waals surface area contributed by atoms with E-state index in [2.05, 4.69) is 15.3 Å². The highest BCUT2D eigenvalue weighted by Gasteiger charge is 2.02. The normalized spacial score (nSPS) is 12.4. The van der Waals surface area contributed by atoms with Crippen LogP contribution < -0.4 is 16.6 Å². The molecule has 0 saturated heterocycles. The van der Waals surface area contributed by atoms with Crippen molar-refractivity contribution in [3.8, 4) is 0 Å². The number of aromatic amines is 1. The van der Waals surface area contributed by atoms with Gasteiger partial charge >= 0.3 is 0 Å². The maximum atomic E-state index is 11.0. The van der Waals surface area contributed by atoms with Crippen LogP contribution in [0.25, 0.3) is 0 Å². The van der Waals surface area contributed by atoms with Crippen molar-refractivity contribution in [2.24, 2.45) is 0 Å². The van der Waals surface area contributed by atoms with Crippen LogP contribution in [-0.2, 0) is 0 Å². The molecule has 0 bridgehead atoms. The van der Waals surface area contributed by atoms with Crippen molar-refractivity contribution in [1.82, 2.24) is 9.97 Å². The zero-order valence-corrected chi connectivity index (χ0v) is 7.40. The first-order chi connectivity index (χ1) is 6.63. The minimum Gasteiger partial charge on any atom is -0.394 e. The maximum Gasteiger partial charge on any atom is 0.275 e. The Kier molecular flexibility index (Phi) is 3.43. The monoisotopic (exact) mass is 200 g/mol. The third-order valence-corrected chi connectivity index (χ3v) is 1.54. The number of H-pyrrole nitrogens is 1. The molecule has 1 rings (SSSR count). The molecule has 1 atom stereocenters. The molecule has 1 aromatic rings. The van der Waals surface area contributed by atoms with Crippen LogP contribution in [0.2, 0.25) is 0 Å². The average molecular weight is 200 g/mol. The molecular weight excluding hydrogens is 188 g/mol. The van der Waals surface area contributed by atoms with Gasteiger partial charge in [-0.05, 0) is 0 Å². The molecule has 14 heavy (non-hydrogen) atoms.